The van der Waals surface area contributed by atoms with E-state index < -0.39 is 21.2 Å². The lowest BCUT2D eigenvalue weighted by molar-refractivity contribution is -0.139. The fourth-order valence-corrected chi connectivity index (χ4v) is 8.50. The van der Waals surface area contributed by atoms with Crippen LogP contribution >= 0.6 is 27.7 Å². The van der Waals surface area contributed by atoms with Gasteiger partial charge >= 0.3 is 6.03 Å². The van der Waals surface area contributed by atoms with E-state index in [9.17, 15) is 18.0 Å². The second kappa shape index (κ2) is 7.40. The number of nitrogens with one attached hydrogen (secondary N) is 2. The first-order chi connectivity index (χ1) is 13.1. The van der Waals surface area contributed by atoms with Crippen LogP contribution in [0.15, 0.2) is 0 Å². The SMILES string of the molecule is CN1C(=O)C2CC(S(=O)(=O)NC3(C)CC3)CCC2N(CC2CNC(Br)S2)C1=O. The molecule has 0 bridgehead atoms. The third kappa shape index (κ3) is 3.97. The standard InChI is InChI=1S/C17H27BrN4O4S2/c1-17(5-6-17)20-28(25,26)11-3-4-13-12(7-11)14(23)21(2)16(24)22(13)9-10-8-19-15(18)27-10/h10-13,15,19-20H,3-9H2,1-2H3. The van der Waals surface area contributed by atoms with Crippen LogP contribution in [-0.2, 0) is 14.8 Å². The van der Waals surface area contributed by atoms with Crippen LogP contribution in [-0.4, -0.2) is 76.7 Å². The number of fused-ring (bicyclic) bond motifs is 1. The molecule has 2 saturated carbocycles. The van der Waals surface area contributed by atoms with Gasteiger partial charge in [-0.3, -0.25) is 15.0 Å². The second-order valence-electron chi connectivity index (χ2n) is 8.63. The molecule has 5 atom stereocenters. The van der Waals surface area contributed by atoms with E-state index in [0.29, 0.717) is 19.4 Å². The Morgan fingerprint density at radius 3 is 2.64 bits per heavy atom. The first-order valence-corrected chi connectivity index (χ1v) is 13.1. The predicted molar refractivity (Wildman–Crippen MR) is 112 cm³/mol. The number of sulfonamides is 1. The van der Waals surface area contributed by atoms with Gasteiger partial charge in [0.2, 0.25) is 15.9 Å². The molecule has 2 aliphatic carbocycles. The highest BCUT2D eigenvalue weighted by atomic mass is 79.9. The molecule has 0 spiro atoms. The molecule has 0 aromatic heterocycles. The van der Waals surface area contributed by atoms with Gasteiger partial charge in [0, 0.05) is 37.0 Å². The predicted octanol–water partition coefficient (Wildman–Crippen LogP) is 1.27. The molecular weight excluding hydrogens is 468 g/mol. The summed E-state index contributed by atoms with van der Waals surface area (Å²) in [7, 11) is -1.97. The van der Waals surface area contributed by atoms with E-state index in [1.54, 1.807) is 16.7 Å². The Bertz CT molecular complexity index is 775. The molecule has 3 amide bonds. The smallest absolute Gasteiger partial charge is 0.319 e. The number of thioether (sulfide) groups is 1. The summed E-state index contributed by atoms with van der Waals surface area (Å²) in [6, 6.07) is -0.482. The molecule has 8 nitrogen and oxygen atoms in total. The van der Waals surface area contributed by atoms with Crippen molar-refractivity contribution in [3.8, 4) is 0 Å². The number of rotatable bonds is 5. The van der Waals surface area contributed by atoms with Gasteiger partial charge < -0.3 is 4.90 Å². The van der Waals surface area contributed by atoms with Gasteiger partial charge in [-0.25, -0.2) is 17.9 Å². The summed E-state index contributed by atoms with van der Waals surface area (Å²) >= 11 is 5.24. The molecular formula is C17H27BrN4O4S2. The van der Waals surface area contributed by atoms with Crippen molar-refractivity contribution in [2.45, 2.75) is 65.4 Å². The van der Waals surface area contributed by atoms with Gasteiger partial charge in [0.15, 0.2) is 0 Å². The maximum absolute atomic E-state index is 12.8. The molecule has 4 rings (SSSR count). The summed E-state index contributed by atoms with van der Waals surface area (Å²) in [5.41, 5.74) is -0.316. The molecule has 0 radical (unpaired) electrons. The third-order valence-corrected chi connectivity index (χ3v) is 10.6. The zero-order chi connectivity index (χ0) is 20.3. The first-order valence-electron chi connectivity index (χ1n) is 9.73. The molecule has 11 heteroatoms. The zero-order valence-corrected chi connectivity index (χ0v) is 19.3. The van der Waals surface area contributed by atoms with Crippen molar-refractivity contribution >= 4 is 49.7 Å². The van der Waals surface area contributed by atoms with Crippen LogP contribution in [0.25, 0.3) is 0 Å². The highest BCUT2D eigenvalue weighted by Crippen LogP contribution is 2.40. The Hall–Kier alpha value is -0.360. The number of imide groups is 1. The Labute approximate surface area is 178 Å². The fraction of sp³-hybridized carbons (Fsp3) is 0.882. The van der Waals surface area contributed by atoms with Crippen molar-refractivity contribution in [1.82, 2.24) is 19.8 Å². The highest BCUT2D eigenvalue weighted by molar-refractivity contribution is 9.11. The monoisotopic (exact) mass is 494 g/mol. The number of nitrogens with zero attached hydrogens (tertiary/aromatic N) is 2. The van der Waals surface area contributed by atoms with Crippen LogP contribution in [0.5, 0.6) is 0 Å². The summed E-state index contributed by atoms with van der Waals surface area (Å²) < 4.78 is 28.7. The lowest BCUT2D eigenvalue weighted by atomic mass is 9.81. The van der Waals surface area contributed by atoms with Crippen molar-refractivity contribution in [3.63, 3.8) is 0 Å². The molecule has 158 valence electrons. The number of alkyl halides is 1. The van der Waals surface area contributed by atoms with Gasteiger partial charge in [-0.15, -0.1) is 11.8 Å². The molecule has 2 N–H and O–H groups in total. The zero-order valence-electron chi connectivity index (χ0n) is 16.1. The minimum atomic E-state index is -3.48. The lowest BCUT2D eigenvalue weighted by Gasteiger charge is -2.48. The van der Waals surface area contributed by atoms with E-state index in [-0.39, 0.29) is 39.5 Å². The fourth-order valence-electron chi connectivity index (χ4n) is 4.46. The molecule has 2 aliphatic heterocycles. The molecule has 5 unspecified atom stereocenters. The van der Waals surface area contributed by atoms with Crippen LogP contribution in [0.2, 0.25) is 0 Å². The van der Waals surface area contributed by atoms with Crippen LogP contribution in [0.1, 0.15) is 39.0 Å². The number of hydrogen-bond donors (Lipinski definition) is 2. The molecule has 2 heterocycles. The van der Waals surface area contributed by atoms with Gasteiger partial charge in [0.1, 0.15) is 4.28 Å². The Morgan fingerprint density at radius 1 is 1.32 bits per heavy atom. The average Bonchev–Trinajstić information content (AvgIpc) is 3.20. The van der Waals surface area contributed by atoms with Gasteiger partial charge in [-0.2, -0.15) is 0 Å². The van der Waals surface area contributed by atoms with Crippen LogP contribution in [0.3, 0.4) is 0 Å². The van der Waals surface area contributed by atoms with Gasteiger partial charge in [0.05, 0.1) is 11.2 Å². The normalized spacial score (nSPS) is 37.9. The van der Waals surface area contributed by atoms with Gasteiger partial charge in [0.25, 0.3) is 0 Å². The Morgan fingerprint density at radius 2 is 2.04 bits per heavy atom. The second-order valence-corrected chi connectivity index (χ2v) is 13.5. The van der Waals surface area contributed by atoms with Gasteiger partial charge in [-0.1, -0.05) is 15.9 Å². The maximum atomic E-state index is 12.8. The van der Waals surface area contributed by atoms with E-state index in [1.165, 1.54) is 11.9 Å². The van der Waals surface area contributed by atoms with E-state index in [4.69, 9.17) is 0 Å². The van der Waals surface area contributed by atoms with Crippen LogP contribution in [0.4, 0.5) is 4.79 Å². The number of urea groups is 1. The number of amides is 3. The van der Waals surface area contributed by atoms with E-state index in [1.807, 2.05) is 6.92 Å². The number of hydrogen-bond acceptors (Lipinski definition) is 6. The largest absolute Gasteiger partial charge is 0.326 e. The Kier molecular flexibility index (Phi) is 5.52. The molecule has 4 fully saturated rings. The molecule has 2 saturated heterocycles. The summed E-state index contributed by atoms with van der Waals surface area (Å²) in [6.07, 6.45) is 3.01. The molecule has 4 aliphatic rings. The lowest BCUT2D eigenvalue weighted by Crippen LogP contribution is -2.64. The quantitative estimate of drug-likeness (QED) is 0.441. The molecule has 0 aromatic rings. The summed E-state index contributed by atoms with van der Waals surface area (Å²) in [4.78, 5) is 28.6. The molecule has 28 heavy (non-hydrogen) atoms. The van der Waals surface area contributed by atoms with E-state index in [0.717, 1.165) is 19.4 Å². The average molecular weight is 495 g/mol. The number of carbonyl (C=O) groups excluding carboxylic acids is 2. The number of carbonyl (C=O) groups is 2. The minimum absolute atomic E-state index is 0.170. The summed E-state index contributed by atoms with van der Waals surface area (Å²) in [6.45, 7) is 3.27. The maximum Gasteiger partial charge on any atom is 0.326 e. The minimum Gasteiger partial charge on any atom is -0.319 e. The first kappa shape index (κ1) is 20.9. The summed E-state index contributed by atoms with van der Waals surface area (Å²) in [5.74, 6) is -0.705. The van der Waals surface area contributed by atoms with Crippen LogP contribution < -0.4 is 10.0 Å². The third-order valence-electron chi connectivity index (χ3n) is 6.39. The summed E-state index contributed by atoms with van der Waals surface area (Å²) in [5, 5.41) is 2.96. The molecule has 0 aromatic carbocycles. The van der Waals surface area contributed by atoms with Crippen molar-refractivity contribution < 1.29 is 18.0 Å². The van der Waals surface area contributed by atoms with Crippen molar-refractivity contribution in [2.75, 3.05) is 20.1 Å². The number of halogens is 1. The highest BCUT2D eigenvalue weighted by Gasteiger charge is 2.51. The van der Waals surface area contributed by atoms with E-state index in [2.05, 4.69) is 26.0 Å². The Balaban J connectivity index is 1.50. The topological polar surface area (TPSA) is 98.8 Å². The van der Waals surface area contributed by atoms with E-state index >= 15 is 0 Å². The van der Waals surface area contributed by atoms with Crippen molar-refractivity contribution in [2.24, 2.45) is 5.92 Å². The van der Waals surface area contributed by atoms with Gasteiger partial charge in [-0.05, 0) is 39.0 Å². The van der Waals surface area contributed by atoms with Crippen LogP contribution in [0, 0.1) is 5.92 Å². The van der Waals surface area contributed by atoms with Crippen molar-refractivity contribution in [3.05, 3.63) is 0 Å². The van der Waals surface area contributed by atoms with Crippen molar-refractivity contribution in [1.29, 1.82) is 0 Å².